The molecule has 0 spiro atoms. The SMILES string of the molecule is C1CC2=[N+](C1)CCC2.Cc1ccc(S(=O)(=O)[O-])cc1. The topological polar surface area (TPSA) is 60.2 Å². The molecular weight excluding hydrogens is 262 g/mol. The number of benzene rings is 1. The van der Waals surface area contributed by atoms with Gasteiger partial charge in [-0.25, -0.2) is 13.0 Å². The van der Waals surface area contributed by atoms with E-state index >= 15 is 0 Å². The molecule has 19 heavy (non-hydrogen) atoms. The summed E-state index contributed by atoms with van der Waals surface area (Å²) in [5.41, 5.74) is 2.67. The number of nitrogens with zero attached hydrogens (tertiary/aromatic N) is 1. The van der Waals surface area contributed by atoms with Gasteiger partial charge in [0.1, 0.15) is 23.2 Å². The zero-order valence-corrected chi connectivity index (χ0v) is 11.9. The van der Waals surface area contributed by atoms with Crippen molar-refractivity contribution in [1.29, 1.82) is 0 Å². The van der Waals surface area contributed by atoms with Crippen LogP contribution in [0.3, 0.4) is 0 Å². The quantitative estimate of drug-likeness (QED) is 0.583. The first-order chi connectivity index (χ1) is 8.97. The molecule has 3 rings (SSSR count). The van der Waals surface area contributed by atoms with Crippen LogP contribution in [0.25, 0.3) is 0 Å². The average Bonchev–Trinajstić information content (AvgIpc) is 2.91. The molecular formula is C14H19NO3S. The lowest BCUT2D eigenvalue weighted by atomic mass is 10.2. The third-order valence-corrected chi connectivity index (χ3v) is 4.39. The van der Waals surface area contributed by atoms with Crippen LogP contribution in [-0.4, -0.2) is 36.3 Å². The third kappa shape index (κ3) is 3.88. The normalized spacial score (nSPS) is 18.0. The Labute approximate surface area is 114 Å². The summed E-state index contributed by atoms with van der Waals surface area (Å²) in [6.07, 6.45) is 5.66. The minimum absolute atomic E-state index is 0.178. The van der Waals surface area contributed by atoms with Crippen molar-refractivity contribution in [2.24, 2.45) is 0 Å². The Morgan fingerprint density at radius 3 is 2.00 bits per heavy atom. The Morgan fingerprint density at radius 1 is 1.05 bits per heavy atom. The van der Waals surface area contributed by atoms with Crippen molar-refractivity contribution in [3.8, 4) is 0 Å². The summed E-state index contributed by atoms with van der Waals surface area (Å²) in [6, 6.07) is 5.78. The van der Waals surface area contributed by atoms with Crippen LogP contribution >= 0.6 is 0 Å². The molecule has 0 N–H and O–H groups in total. The predicted octanol–water partition coefficient (Wildman–Crippen LogP) is 1.93. The second-order valence-electron chi connectivity index (χ2n) is 5.03. The summed E-state index contributed by atoms with van der Waals surface area (Å²) in [5.74, 6) is 0. The molecule has 1 aromatic rings. The van der Waals surface area contributed by atoms with Crippen LogP contribution in [-0.2, 0) is 10.1 Å². The third-order valence-electron chi connectivity index (χ3n) is 3.54. The zero-order valence-electron chi connectivity index (χ0n) is 11.1. The lowest BCUT2D eigenvalue weighted by Crippen LogP contribution is -2.06. The Morgan fingerprint density at radius 2 is 1.58 bits per heavy atom. The highest BCUT2D eigenvalue weighted by Gasteiger charge is 2.26. The highest BCUT2D eigenvalue weighted by molar-refractivity contribution is 7.85. The molecule has 2 heterocycles. The molecule has 2 aliphatic rings. The van der Waals surface area contributed by atoms with E-state index in [9.17, 15) is 13.0 Å². The van der Waals surface area contributed by atoms with Crippen LogP contribution in [0.5, 0.6) is 0 Å². The van der Waals surface area contributed by atoms with Gasteiger partial charge in [-0.3, -0.25) is 0 Å². The van der Waals surface area contributed by atoms with E-state index in [4.69, 9.17) is 0 Å². The van der Waals surface area contributed by atoms with Gasteiger partial charge in [-0.15, -0.1) is 0 Å². The molecule has 4 nitrogen and oxygen atoms in total. The molecule has 0 aromatic heterocycles. The van der Waals surface area contributed by atoms with E-state index in [0.29, 0.717) is 0 Å². The Hall–Kier alpha value is -1.20. The largest absolute Gasteiger partial charge is 0.744 e. The van der Waals surface area contributed by atoms with E-state index in [-0.39, 0.29) is 4.90 Å². The van der Waals surface area contributed by atoms with Gasteiger partial charge in [-0.2, -0.15) is 0 Å². The smallest absolute Gasteiger partial charge is 0.152 e. The first-order valence-corrected chi connectivity index (χ1v) is 8.00. The van der Waals surface area contributed by atoms with E-state index in [0.717, 1.165) is 5.56 Å². The maximum absolute atomic E-state index is 10.4. The van der Waals surface area contributed by atoms with E-state index in [1.54, 1.807) is 17.8 Å². The Bertz CT molecular complexity index is 545. The van der Waals surface area contributed by atoms with Gasteiger partial charge in [0.15, 0.2) is 5.71 Å². The minimum atomic E-state index is -4.27. The van der Waals surface area contributed by atoms with Gasteiger partial charge in [0.05, 0.1) is 4.90 Å². The maximum Gasteiger partial charge on any atom is 0.152 e. The number of rotatable bonds is 1. The van der Waals surface area contributed by atoms with Crippen molar-refractivity contribution in [3.63, 3.8) is 0 Å². The molecule has 104 valence electrons. The number of hydrogen-bond donors (Lipinski definition) is 0. The van der Waals surface area contributed by atoms with Gasteiger partial charge in [0.2, 0.25) is 0 Å². The predicted molar refractivity (Wildman–Crippen MR) is 72.6 cm³/mol. The minimum Gasteiger partial charge on any atom is -0.744 e. The van der Waals surface area contributed by atoms with Crippen LogP contribution in [0.2, 0.25) is 0 Å². The van der Waals surface area contributed by atoms with Crippen LogP contribution in [0.4, 0.5) is 0 Å². The van der Waals surface area contributed by atoms with Crippen LogP contribution < -0.4 is 0 Å². The van der Waals surface area contributed by atoms with Gasteiger partial charge in [0, 0.05) is 25.7 Å². The van der Waals surface area contributed by atoms with Crippen molar-refractivity contribution < 1.29 is 17.5 Å². The van der Waals surface area contributed by atoms with E-state index < -0.39 is 10.1 Å². The lowest BCUT2D eigenvalue weighted by Gasteiger charge is -2.05. The van der Waals surface area contributed by atoms with Gasteiger partial charge in [-0.05, 0) is 19.1 Å². The monoisotopic (exact) mass is 281 g/mol. The van der Waals surface area contributed by atoms with Gasteiger partial charge in [-0.1, -0.05) is 17.7 Å². The average molecular weight is 281 g/mol. The summed E-state index contributed by atoms with van der Waals surface area (Å²) < 4.78 is 33.7. The van der Waals surface area contributed by atoms with E-state index in [1.807, 2.05) is 6.92 Å². The summed E-state index contributed by atoms with van der Waals surface area (Å²) in [7, 11) is -4.27. The van der Waals surface area contributed by atoms with Crippen LogP contribution in [0.1, 0.15) is 31.2 Å². The molecule has 0 amide bonds. The molecule has 2 aliphatic heterocycles. The summed E-state index contributed by atoms with van der Waals surface area (Å²) in [5, 5.41) is 0. The fraction of sp³-hybridized carbons (Fsp3) is 0.500. The molecule has 0 unspecified atom stereocenters. The summed E-state index contributed by atoms with van der Waals surface area (Å²) in [4.78, 5) is -0.178. The number of hydrogen-bond acceptors (Lipinski definition) is 3. The van der Waals surface area contributed by atoms with Crippen molar-refractivity contribution in [2.45, 2.75) is 37.5 Å². The lowest BCUT2D eigenvalue weighted by molar-refractivity contribution is -0.512. The van der Waals surface area contributed by atoms with Gasteiger partial charge < -0.3 is 4.55 Å². The summed E-state index contributed by atoms with van der Waals surface area (Å²) >= 11 is 0. The first-order valence-electron chi connectivity index (χ1n) is 6.59. The Balaban J connectivity index is 0.000000146. The van der Waals surface area contributed by atoms with Crippen molar-refractivity contribution in [1.82, 2.24) is 0 Å². The summed E-state index contributed by atoms with van der Waals surface area (Å²) in [6.45, 7) is 4.53. The fourth-order valence-corrected chi connectivity index (χ4v) is 2.99. The molecule has 0 saturated heterocycles. The second kappa shape index (κ2) is 5.84. The molecule has 0 saturated carbocycles. The van der Waals surface area contributed by atoms with Gasteiger partial charge in [0.25, 0.3) is 0 Å². The zero-order chi connectivity index (χ0) is 13.9. The van der Waals surface area contributed by atoms with Crippen molar-refractivity contribution >= 4 is 15.8 Å². The molecule has 1 aromatic carbocycles. The van der Waals surface area contributed by atoms with Crippen LogP contribution in [0, 0.1) is 6.92 Å². The van der Waals surface area contributed by atoms with Gasteiger partial charge >= 0.3 is 0 Å². The standard InChI is InChI=1S/C7H12N.C7H8O3S/c1-3-7-4-2-6-8(7)5-1;1-6-2-4-7(5-3-6)11(8,9)10/h1-6H2;2-5H,1H3,(H,8,9,10)/q+1;/p-1. The number of aryl methyl sites for hydroxylation is 1. The molecule has 0 bridgehead atoms. The van der Waals surface area contributed by atoms with E-state index in [2.05, 4.69) is 4.58 Å². The van der Waals surface area contributed by atoms with Crippen LogP contribution in [0.15, 0.2) is 29.2 Å². The second-order valence-corrected chi connectivity index (χ2v) is 6.41. The highest BCUT2D eigenvalue weighted by atomic mass is 32.2. The van der Waals surface area contributed by atoms with Crippen molar-refractivity contribution in [3.05, 3.63) is 29.8 Å². The van der Waals surface area contributed by atoms with E-state index in [1.165, 1.54) is 50.9 Å². The fourth-order valence-electron chi connectivity index (χ4n) is 2.52. The molecule has 5 heteroatoms. The first kappa shape index (κ1) is 14.2. The molecule has 0 aliphatic carbocycles. The Kier molecular flexibility index (Phi) is 4.37. The van der Waals surface area contributed by atoms with Crippen molar-refractivity contribution in [2.75, 3.05) is 13.1 Å². The maximum atomic E-state index is 10.4. The molecule has 0 fully saturated rings. The highest BCUT2D eigenvalue weighted by Crippen LogP contribution is 2.15. The molecule has 0 atom stereocenters. The molecule has 0 radical (unpaired) electrons.